The highest BCUT2D eigenvalue weighted by Gasteiger charge is 2.13. The van der Waals surface area contributed by atoms with Crippen LogP contribution in [-0.2, 0) is 0 Å². The first-order valence-electron chi connectivity index (χ1n) is 5.02. The lowest BCUT2D eigenvalue weighted by Gasteiger charge is -2.08. The maximum atomic E-state index is 12.9. The van der Waals surface area contributed by atoms with Gasteiger partial charge in [0.15, 0.2) is 0 Å². The topological polar surface area (TPSA) is 78.4 Å². The molecule has 0 spiro atoms. The van der Waals surface area contributed by atoms with Gasteiger partial charge in [0.1, 0.15) is 5.82 Å². The number of anilines is 1. The normalized spacial score (nSPS) is 9.00. The Bertz CT molecular complexity index is 532. The van der Waals surface area contributed by atoms with Crippen molar-refractivity contribution >= 4 is 17.7 Å². The SMILES string of the molecule is CC#CCNC(=O)Nc1ccc(F)cc1C(=O)O. The molecule has 0 aliphatic rings. The molecule has 1 aromatic carbocycles. The van der Waals surface area contributed by atoms with Gasteiger partial charge in [-0.1, -0.05) is 5.92 Å². The van der Waals surface area contributed by atoms with Gasteiger partial charge in [-0.25, -0.2) is 14.0 Å². The van der Waals surface area contributed by atoms with Crippen LogP contribution in [0.3, 0.4) is 0 Å². The molecule has 0 saturated heterocycles. The van der Waals surface area contributed by atoms with E-state index in [4.69, 9.17) is 5.11 Å². The average molecular weight is 250 g/mol. The molecule has 6 heteroatoms. The molecule has 0 aromatic heterocycles. The Morgan fingerprint density at radius 2 is 2.17 bits per heavy atom. The van der Waals surface area contributed by atoms with Crippen LogP contribution in [0.25, 0.3) is 0 Å². The van der Waals surface area contributed by atoms with E-state index in [1.165, 1.54) is 6.07 Å². The molecule has 0 unspecified atom stereocenters. The van der Waals surface area contributed by atoms with Crippen LogP contribution in [0.4, 0.5) is 14.9 Å². The molecule has 18 heavy (non-hydrogen) atoms. The van der Waals surface area contributed by atoms with E-state index in [1.807, 2.05) is 0 Å². The summed E-state index contributed by atoms with van der Waals surface area (Å²) in [5.74, 6) is 3.19. The van der Waals surface area contributed by atoms with Gasteiger partial charge in [-0.3, -0.25) is 0 Å². The summed E-state index contributed by atoms with van der Waals surface area (Å²) in [5.41, 5.74) is -0.294. The quantitative estimate of drug-likeness (QED) is 0.714. The fourth-order valence-electron chi connectivity index (χ4n) is 1.18. The molecule has 0 aliphatic carbocycles. The summed E-state index contributed by atoms with van der Waals surface area (Å²) in [7, 11) is 0. The van der Waals surface area contributed by atoms with E-state index in [0.717, 1.165) is 12.1 Å². The molecule has 94 valence electrons. The Kier molecular flexibility index (Phi) is 4.69. The van der Waals surface area contributed by atoms with Crippen molar-refractivity contribution in [2.45, 2.75) is 6.92 Å². The van der Waals surface area contributed by atoms with E-state index in [2.05, 4.69) is 22.5 Å². The zero-order valence-electron chi connectivity index (χ0n) is 9.58. The summed E-state index contributed by atoms with van der Waals surface area (Å²) in [6, 6.07) is 2.48. The number of carboxylic acid groups (broad SMARTS) is 1. The van der Waals surface area contributed by atoms with Crippen molar-refractivity contribution in [2.24, 2.45) is 0 Å². The average Bonchev–Trinajstić information content (AvgIpc) is 2.31. The van der Waals surface area contributed by atoms with Gasteiger partial charge in [-0.2, -0.15) is 0 Å². The number of hydrogen-bond donors (Lipinski definition) is 3. The summed E-state index contributed by atoms with van der Waals surface area (Å²) >= 11 is 0. The third kappa shape index (κ3) is 3.79. The highest BCUT2D eigenvalue weighted by atomic mass is 19.1. The number of aromatic carboxylic acids is 1. The fraction of sp³-hybridized carbons (Fsp3) is 0.167. The Morgan fingerprint density at radius 3 is 2.78 bits per heavy atom. The van der Waals surface area contributed by atoms with E-state index in [-0.39, 0.29) is 17.8 Å². The molecule has 0 fully saturated rings. The van der Waals surface area contributed by atoms with E-state index < -0.39 is 17.8 Å². The molecule has 2 amide bonds. The number of carbonyl (C=O) groups is 2. The highest BCUT2D eigenvalue weighted by Crippen LogP contribution is 2.16. The lowest BCUT2D eigenvalue weighted by molar-refractivity contribution is 0.0697. The van der Waals surface area contributed by atoms with Crippen LogP contribution >= 0.6 is 0 Å². The van der Waals surface area contributed by atoms with Gasteiger partial charge in [0.05, 0.1) is 17.8 Å². The zero-order chi connectivity index (χ0) is 13.5. The number of halogens is 1. The van der Waals surface area contributed by atoms with Crippen molar-refractivity contribution in [1.29, 1.82) is 0 Å². The van der Waals surface area contributed by atoms with Crippen molar-refractivity contribution in [3.63, 3.8) is 0 Å². The van der Waals surface area contributed by atoms with Gasteiger partial charge >= 0.3 is 12.0 Å². The molecule has 0 radical (unpaired) electrons. The third-order valence-electron chi connectivity index (χ3n) is 1.97. The molecule has 0 bridgehead atoms. The highest BCUT2D eigenvalue weighted by molar-refractivity contribution is 6.00. The minimum absolute atomic E-state index is 0.0193. The number of urea groups is 1. The van der Waals surface area contributed by atoms with E-state index in [0.29, 0.717) is 0 Å². The Hall–Kier alpha value is -2.55. The summed E-state index contributed by atoms with van der Waals surface area (Å²) in [6.07, 6.45) is 0. The molecule has 1 aromatic rings. The van der Waals surface area contributed by atoms with Gasteiger partial charge < -0.3 is 15.7 Å². The second-order valence-corrected chi connectivity index (χ2v) is 3.23. The third-order valence-corrected chi connectivity index (χ3v) is 1.97. The van der Waals surface area contributed by atoms with Gasteiger partial charge in [-0.05, 0) is 25.1 Å². The lowest BCUT2D eigenvalue weighted by Crippen LogP contribution is -2.29. The molecule has 1 rings (SSSR count). The van der Waals surface area contributed by atoms with Gasteiger partial charge in [0.2, 0.25) is 0 Å². The number of nitrogens with one attached hydrogen (secondary N) is 2. The first kappa shape index (κ1) is 13.5. The van der Waals surface area contributed by atoms with Crippen LogP contribution in [0.1, 0.15) is 17.3 Å². The smallest absolute Gasteiger partial charge is 0.337 e. The van der Waals surface area contributed by atoms with Gasteiger partial charge in [0, 0.05) is 0 Å². The molecule has 3 N–H and O–H groups in total. The van der Waals surface area contributed by atoms with E-state index in [9.17, 15) is 14.0 Å². The number of carbonyl (C=O) groups excluding carboxylic acids is 1. The number of hydrogen-bond acceptors (Lipinski definition) is 2. The minimum Gasteiger partial charge on any atom is -0.478 e. The standard InChI is InChI=1S/C12H11FN2O3/c1-2-3-6-14-12(18)15-10-5-4-8(13)7-9(10)11(16)17/h4-5,7H,6H2,1H3,(H,16,17)(H2,14,15,18). The molecular weight excluding hydrogens is 239 g/mol. The van der Waals surface area contributed by atoms with Gasteiger partial charge in [-0.15, -0.1) is 5.92 Å². The van der Waals surface area contributed by atoms with Crippen molar-refractivity contribution < 1.29 is 19.1 Å². The summed E-state index contributed by atoms with van der Waals surface area (Å²) in [6.45, 7) is 1.77. The molecule has 0 saturated carbocycles. The Morgan fingerprint density at radius 1 is 1.44 bits per heavy atom. The lowest BCUT2D eigenvalue weighted by atomic mass is 10.2. The monoisotopic (exact) mass is 250 g/mol. The van der Waals surface area contributed by atoms with Crippen molar-refractivity contribution in [3.8, 4) is 11.8 Å². The van der Waals surface area contributed by atoms with Gasteiger partial charge in [0.25, 0.3) is 0 Å². The first-order valence-corrected chi connectivity index (χ1v) is 5.02. The van der Waals surface area contributed by atoms with Crippen molar-refractivity contribution in [2.75, 3.05) is 11.9 Å². The Balaban J connectivity index is 2.79. The van der Waals surface area contributed by atoms with Crippen LogP contribution < -0.4 is 10.6 Å². The predicted octanol–water partition coefficient (Wildman–Crippen LogP) is 1.67. The van der Waals surface area contributed by atoms with Crippen LogP contribution in [0.15, 0.2) is 18.2 Å². The fourth-order valence-corrected chi connectivity index (χ4v) is 1.18. The second kappa shape index (κ2) is 6.25. The molecule has 0 heterocycles. The minimum atomic E-state index is -1.32. The molecular formula is C12H11FN2O3. The molecule has 0 aliphatic heterocycles. The maximum Gasteiger partial charge on any atom is 0.337 e. The van der Waals surface area contributed by atoms with Crippen LogP contribution in [0.5, 0.6) is 0 Å². The van der Waals surface area contributed by atoms with Crippen molar-refractivity contribution in [3.05, 3.63) is 29.6 Å². The second-order valence-electron chi connectivity index (χ2n) is 3.23. The number of benzene rings is 1. The zero-order valence-corrected chi connectivity index (χ0v) is 9.58. The largest absolute Gasteiger partial charge is 0.478 e. The van der Waals surface area contributed by atoms with Crippen molar-refractivity contribution in [1.82, 2.24) is 5.32 Å². The summed E-state index contributed by atoms with van der Waals surface area (Å²) < 4.78 is 12.9. The van der Waals surface area contributed by atoms with Crippen LogP contribution in [-0.4, -0.2) is 23.7 Å². The number of amides is 2. The Labute approximate surface area is 103 Å². The van der Waals surface area contributed by atoms with Crippen LogP contribution in [0, 0.1) is 17.7 Å². The van der Waals surface area contributed by atoms with Crippen LogP contribution in [0.2, 0.25) is 0 Å². The number of rotatable bonds is 3. The van der Waals surface area contributed by atoms with E-state index >= 15 is 0 Å². The predicted molar refractivity (Wildman–Crippen MR) is 63.8 cm³/mol. The summed E-state index contributed by atoms with van der Waals surface area (Å²) in [5, 5.41) is 13.6. The molecule has 0 atom stereocenters. The number of carboxylic acids is 1. The maximum absolute atomic E-state index is 12.9. The summed E-state index contributed by atoms with van der Waals surface area (Å²) in [4.78, 5) is 22.2. The first-order chi connectivity index (χ1) is 8.54. The molecule has 5 nitrogen and oxygen atoms in total. The van der Waals surface area contributed by atoms with E-state index in [1.54, 1.807) is 6.92 Å².